The molecule has 2 N–H and O–H groups in total. The van der Waals surface area contributed by atoms with Crippen LogP contribution in [0.5, 0.6) is 0 Å². The van der Waals surface area contributed by atoms with Gasteiger partial charge in [-0.05, 0) is 76.6 Å². The molecule has 9 heteroatoms. The summed E-state index contributed by atoms with van der Waals surface area (Å²) >= 11 is 0. The second-order valence-electron chi connectivity index (χ2n) is 14.9. The first-order valence-electron chi connectivity index (χ1n) is 17.5. The standard InChI is InChI=1S/C40H59N3O6/c1-11-13-14-15-19-25-43(36(45)33(28(3)4)42-38(47)49-40(8,9)10)34(31-24-20-23-29(12-2)26-31)35(44)41-32(37(46)48-39(5,6)7)27-30-21-17-16-18-22-30/h12,16-18,20-24,26,28,32-34H,2,11,13-15,19,25,27H2,1,3-10H3,(H,41,44)(H,42,47). The van der Waals surface area contributed by atoms with Crippen LogP contribution in [0.25, 0.3) is 6.08 Å². The van der Waals surface area contributed by atoms with Crippen molar-refractivity contribution in [3.63, 3.8) is 0 Å². The molecule has 0 aliphatic rings. The highest BCUT2D eigenvalue weighted by molar-refractivity contribution is 5.94. The molecule has 9 nitrogen and oxygen atoms in total. The molecule has 3 amide bonds. The SMILES string of the molecule is C=Cc1cccc(C(C(=O)NC(Cc2ccccc2)C(=O)OC(C)(C)C)N(CCCCCCC)C(=O)C(NC(=O)OC(C)(C)C)C(C)C)c1. The van der Waals surface area contributed by atoms with Gasteiger partial charge in [-0.1, -0.05) is 108 Å². The van der Waals surface area contributed by atoms with E-state index >= 15 is 0 Å². The number of amides is 3. The average molecular weight is 678 g/mol. The van der Waals surface area contributed by atoms with Crippen LogP contribution >= 0.6 is 0 Å². The van der Waals surface area contributed by atoms with Gasteiger partial charge in [-0.25, -0.2) is 9.59 Å². The Morgan fingerprint density at radius 1 is 0.837 bits per heavy atom. The fourth-order valence-corrected chi connectivity index (χ4v) is 5.37. The van der Waals surface area contributed by atoms with Crippen molar-refractivity contribution in [1.82, 2.24) is 15.5 Å². The van der Waals surface area contributed by atoms with Crippen LogP contribution in [0.3, 0.4) is 0 Å². The van der Waals surface area contributed by atoms with Gasteiger partial charge in [0.05, 0.1) is 0 Å². The molecule has 0 fully saturated rings. The largest absolute Gasteiger partial charge is 0.458 e. The molecule has 0 saturated carbocycles. The zero-order chi connectivity index (χ0) is 36.8. The summed E-state index contributed by atoms with van der Waals surface area (Å²) < 4.78 is 11.3. The summed E-state index contributed by atoms with van der Waals surface area (Å²) in [5, 5.41) is 5.74. The highest BCUT2D eigenvalue weighted by Crippen LogP contribution is 2.27. The fraction of sp³-hybridized carbons (Fsp3) is 0.550. The van der Waals surface area contributed by atoms with Crippen LogP contribution in [0.2, 0.25) is 0 Å². The first kappa shape index (κ1) is 41.0. The number of carbonyl (C=O) groups excluding carboxylic acids is 4. The lowest BCUT2D eigenvalue weighted by Crippen LogP contribution is -2.56. The minimum absolute atomic E-state index is 0.195. The summed E-state index contributed by atoms with van der Waals surface area (Å²) in [4.78, 5) is 57.4. The number of unbranched alkanes of at least 4 members (excludes halogenated alkanes) is 4. The van der Waals surface area contributed by atoms with E-state index in [9.17, 15) is 19.2 Å². The highest BCUT2D eigenvalue weighted by atomic mass is 16.6. The fourth-order valence-electron chi connectivity index (χ4n) is 5.37. The minimum Gasteiger partial charge on any atom is -0.458 e. The van der Waals surface area contributed by atoms with Crippen molar-refractivity contribution < 1.29 is 28.7 Å². The van der Waals surface area contributed by atoms with Crippen LogP contribution in [0, 0.1) is 5.92 Å². The third-order valence-electron chi connectivity index (χ3n) is 7.70. The van der Waals surface area contributed by atoms with E-state index in [2.05, 4.69) is 24.1 Å². The summed E-state index contributed by atoms with van der Waals surface area (Å²) in [5.74, 6) is -1.85. The number of rotatable bonds is 17. The Morgan fingerprint density at radius 3 is 2.04 bits per heavy atom. The number of alkyl carbamates (subject to hydrolysis) is 1. The maximum absolute atomic E-state index is 14.6. The van der Waals surface area contributed by atoms with E-state index in [1.165, 1.54) is 0 Å². The monoisotopic (exact) mass is 677 g/mol. The molecule has 2 aromatic rings. The smallest absolute Gasteiger partial charge is 0.408 e. The molecule has 0 spiro atoms. The number of hydrogen-bond donors (Lipinski definition) is 2. The quantitative estimate of drug-likeness (QED) is 0.131. The van der Waals surface area contributed by atoms with E-state index in [0.29, 0.717) is 12.0 Å². The Labute approximate surface area is 294 Å². The number of nitrogens with one attached hydrogen (secondary N) is 2. The average Bonchev–Trinajstić information content (AvgIpc) is 3.01. The summed E-state index contributed by atoms with van der Waals surface area (Å²) in [5.41, 5.74) is 0.614. The molecule has 0 aliphatic carbocycles. The maximum atomic E-state index is 14.6. The van der Waals surface area contributed by atoms with Gasteiger partial charge in [0.25, 0.3) is 0 Å². The maximum Gasteiger partial charge on any atom is 0.408 e. The van der Waals surface area contributed by atoms with Crippen molar-refractivity contribution in [1.29, 1.82) is 0 Å². The zero-order valence-electron chi connectivity index (χ0n) is 31.1. The van der Waals surface area contributed by atoms with Crippen molar-refractivity contribution in [3.8, 4) is 0 Å². The summed E-state index contributed by atoms with van der Waals surface area (Å²) in [6.45, 7) is 20.6. The van der Waals surface area contributed by atoms with E-state index in [4.69, 9.17) is 9.47 Å². The molecular formula is C40H59N3O6. The van der Waals surface area contributed by atoms with Crippen LogP contribution < -0.4 is 10.6 Å². The molecule has 0 saturated heterocycles. The van der Waals surface area contributed by atoms with Crippen LogP contribution in [-0.2, 0) is 30.3 Å². The molecule has 0 bridgehead atoms. The molecule has 0 heterocycles. The summed E-state index contributed by atoms with van der Waals surface area (Å²) in [7, 11) is 0. The van der Waals surface area contributed by atoms with Crippen LogP contribution in [0.4, 0.5) is 4.79 Å². The molecule has 2 aromatic carbocycles. The summed E-state index contributed by atoms with van der Waals surface area (Å²) in [6.07, 6.45) is 5.77. The van der Waals surface area contributed by atoms with E-state index in [1.807, 2.05) is 62.4 Å². The van der Waals surface area contributed by atoms with Gasteiger partial charge in [0, 0.05) is 13.0 Å². The Balaban J connectivity index is 2.66. The van der Waals surface area contributed by atoms with Crippen molar-refractivity contribution in [3.05, 3.63) is 77.9 Å². The lowest BCUT2D eigenvalue weighted by molar-refractivity contribution is -0.159. The van der Waals surface area contributed by atoms with Crippen LogP contribution in [0.1, 0.15) is 117 Å². The number of hydrogen-bond acceptors (Lipinski definition) is 6. The zero-order valence-corrected chi connectivity index (χ0v) is 31.1. The highest BCUT2D eigenvalue weighted by Gasteiger charge is 2.39. The molecule has 3 atom stereocenters. The second-order valence-corrected chi connectivity index (χ2v) is 14.9. The van der Waals surface area contributed by atoms with Gasteiger partial charge in [-0.3, -0.25) is 9.59 Å². The normalized spacial score (nSPS) is 13.5. The molecular weight excluding hydrogens is 618 g/mol. The van der Waals surface area contributed by atoms with Gasteiger partial charge in [-0.15, -0.1) is 0 Å². The van der Waals surface area contributed by atoms with Crippen molar-refractivity contribution >= 4 is 30.0 Å². The third-order valence-corrected chi connectivity index (χ3v) is 7.70. The lowest BCUT2D eigenvalue weighted by atomic mass is 9.96. The van der Waals surface area contributed by atoms with E-state index in [0.717, 1.165) is 36.8 Å². The predicted molar refractivity (Wildman–Crippen MR) is 196 cm³/mol. The van der Waals surface area contributed by atoms with Crippen LogP contribution in [-0.4, -0.2) is 58.6 Å². The molecule has 3 unspecified atom stereocenters. The van der Waals surface area contributed by atoms with Crippen molar-refractivity contribution in [2.75, 3.05) is 6.54 Å². The second kappa shape index (κ2) is 19.2. The van der Waals surface area contributed by atoms with Gasteiger partial charge in [0.1, 0.15) is 29.3 Å². The Morgan fingerprint density at radius 2 is 1.47 bits per heavy atom. The number of esters is 1. The predicted octanol–water partition coefficient (Wildman–Crippen LogP) is 7.79. The Kier molecular flexibility index (Phi) is 16.0. The van der Waals surface area contributed by atoms with Crippen LogP contribution in [0.15, 0.2) is 61.2 Å². The first-order chi connectivity index (χ1) is 23.0. The molecule has 0 radical (unpaired) electrons. The number of benzene rings is 2. The first-order valence-corrected chi connectivity index (χ1v) is 17.5. The molecule has 270 valence electrons. The number of carbonyl (C=O) groups is 4. The van der Waals surface area contributed by atoms with E-state index < -0.39 is 53.2 Å². The van der Waals surface area contributed by atoms with E-state index in [-0.39, 0.29) is 18.9 Å². The Bertz CT molecular complexity index is 1380. The van der Waals surface area contributed by atoms with Crippen molar-refractivity contribution in [2.45, 2.75) is 130 Å². The molecule has 0 aromatic heterocycles. The Hall–Kier alpha value is -4.14. The van der Waals surface area contributed by atoms with Gasteiger partial charge in [0.15, 0.2) is 0 Å². The van der Waals surface area contributed by atoms with Crippen molar-refractivity contribution in [2.24, 2.45) is 5.92 Å². The topological polar surface area (TPSA) is 114 Å². The molecule has 0 aliphatic heterocycles. The minimum atomic E-state index is -1.12. The molecule has 49 heavy (non-hydrogen) atoms. The van der Waals surface area contributed by atoms with Gasteiger partial charge in [-0.2, -0.15) is 0 Å². The number of nitrogens with zero attached hydrogens (tertiary/aromatic N) is 1. The van der Waals surface area contributed by atoms with E-state index in [1.54, 1.807) is 58.6 Å². The summed E-state index contributed by atoms with van der Waals surface area (Å²) in [6, 6.07) is 13.6. The number of ether oxygens (including phenoxy) is 2. The van der Waals surface area contributed by atoms with Gasteiger partial charge >= 0.3 is 12.1 Å². The van der Waals surface area contributed by atoms with Gasteiger partial charge < -0.3 is 25.0 Å². The third kappa shape index (κ3) is 14.5. The lowest BCUT2D eigenvalue weighted by Gasteiger charge is -2.36. The van der Waals surface area contributed by atoms with Gasteiger partial charge in [0.2, 0.25) is 11.8 Å². The molecule has 2 rings (SSSR count).